The molecule has 0 N–H and O–H groups in total. The molecule has 146 valence electrons. The Kier molecular flexibility index (Phi) is 4.82. The summed E-state index contributed by atoms with van der Waals surface area (Å²) in [5.74, 6) is 0.943. The fraction of sp³-hybridized carbons (Fsp3) is 0.450. The summed E-state index contributed by atoms with van der Waals surface area (Å²) < 4.78 is 7.94. The number of piperazine rings is 1. The monoisotopic (exact) mass is 396 g/mol. The van der Waals surface area contributed by atoms with E-state index in [9.17, 15) is 0 Å². The van der Waals surface area contributed by atoms with Gasteiger partial charge in [-0.15, -0.1) is 0 Å². The quantitative estimate of drug-likeness (QED) is 0.496. The fourth-order valence-corrected chi connectivity index (χ4v) is 4.36. The minimum absolute atomic E-state index is 0.0392. The molecule has 0 radical (unpaired) electrons. The van der Waals surface area contributed by atoms with Crippen LogP contribution in [-0.2, 0) is 4.74 Å². The fourth-order valence-electron chi connectivity index (χ4n) is 4.00. The van der Waals surface area contributed by atoms with Crippen LogP contribution in [0, 0.1) is 0 Å². The molecule has 2 aromatic heterocycles. The molecule has 2 aliphatic rings. The lowest BCUT2D eigenvalue weighted by molar-refractivity contribution is 0.0592. The molecule has 1 aromatic carbocycles. The van der Waals surface area contributed by atoms with Gasteiger partial charge >= 0.3 is 0 Å². The van der Waals surface area contributed by atoms with Crippen molar-refractivity contribution in [3.05, 3.63) is 36.7 Å². The maximum Gasteiger partial charge on any atom is 0.191 e. The summed E-state index contributed by atoms with van der Waals surface area (Å²) in [5, 5.41) is 0.785. The van der Waals surface area contributed by atoms with Crippen LogP contribution in [0.3, 0.4) is 0 Å². The number of ether oxygens (including phenoxy) is 1. The number of anilines is 2. The van der Waals surface area contributed by atoms with Gasteiger partial charge in [-0.2, -0.15) is 0 Å². The normalized spacial score (nSPS) is 20.2. The zero-order valence-electron chi connectivity index (χ0n) is 16.0. The van der Waals surface area contributed by atoms with Crippen molar-refractivity contribution in [3.63, 3.8) is 0 Å². The van der Waals surface area contributed by atoms with E-state index in [1.165, 1.54) is 5.69 Å². The second-order valence-electron chi connectivity index (χ2n) is 7.14. The third kappa shape index (κ3) is 3.20. The number of para-hydroxylation sites is 1. The van der Waals surface area contributed by atoms with E-state index in [4.69, 9.17) is 14.7 Å². The van der Waals surface area contributed by atoms with E-state index in [1.807, 2.05) is 12.6 Å². The van der Waals surface area contributed by atoms with E-state index in [0.717, 1.165) is 67.8 Å². The standard InChI is InChI=1S/C20H24N6OS/c1-28-20-22-18(17-19(23-20)26(14-21-17)16-8-5-13-27-16)25-11-9-24(10-12-25)15-6-3-2-4-7-15/h2-4,6-7,14,16H,5,8-13H2,1H3. The van der Waals surface area contributed by atoms with Crippen molar-refractivity contribution in [1.29, 1.82) is 0 Å². The van der Waals surface area contributed by atoms with Crippen LogP contribution < -0.4 is 9.80 Å². The third-order valence-corrected chi connectivity index (χ3v) is 6.03. The molecule has 0 amide bonds. The first kappa shape index (κ1) is 17.8. The first-order valence-corrected chi connectivity index (χ1v) is 11.0. The Morgan fingerprint density at radius 1 is 1.04 bits per heavy atom. The van der Waals surface area contributed by atoms with Gasteiger partial charge in [0.15, 0.2) is 22.1 Å². The van der Waals surface area contributed by atoms with Crippen molar-refractivity contribution in [1.82, 2.24) is 19.5 Å². The largest absolute Gasteiger partial charge is 0.368 e. The van der Waals surface area contributed by atoms with Crippen LogP contribution in [0.4, 0.5) is 11.5 Å². The number of rotatable bonds is 4. The zero-order valence-corrected chi connectivity index (χ0v) is 16.8. The van der Waals surface area contributed by atoms with Gasteiger partial charge in [0.1, 0.15) is 6.23 Å². The molecule has 28 heavy (non-hydrogen) atoms. The second kappa shape index (κ2) is 7.60. The average Bonchev–Trinajstić information content (AvgIpc) is 3.43. The van der Waals surface area contributed by atoms with E-state index in [-0.39, 0.29) is 6.23 Å². The topological polar surface area (TPSA) is 59.3 Å². The molecule has 0 spiro atoms. The molecule has 0 aliphatic carbocycles. The van der Waals surface area contributed by atoms with Crippen LogP contribution >= 0.6 is 11.8 Å². The van der Waals surface area contributed by atoms with Crippen LogP contribution in [0.5, 0.6) is 0 Å². The average molecular weight is 397 g/mol. The predicted molar refractivity (Wildman–Crippen MR) is 112 cm³/mol. The van der Waals surface area contributed by atoms with Crippen molar-refractivity contribution >= 4 is 34.4 Å². The highest BCUT2D eigenvalue weighted by Gasteiger charge is 2.26. The Bertz CT molecular complexity index is 948. The van der Waals surface area contributed by atoms with Crippen LogP contribution in [0.25, 0.3) is 11.2 Å². The first-order valence-electron chi connectivity index (χ1n) is 9.78. The number of thioether (sulfide) groups is 1. The number of aromatic nitrogens is 4. The van der Waals surface area contributed by atoms with E-state index in [1.54, 1.807) is 11.8 Å². The molecule has 0 bridgehead atoms. The molecule has 2 aliphatic heterocycles. The van der Waals surface area contributed by atoms with Gasteiger partial charge in [-0.3, -0.25) is 4.57 Å². The highest BCUT2D eigenvalue weighted by molar-refractivity contribution is 7.98. The van der Waals surface area contributed by atoms with Crippen LogP contribution in [0.2, 0.25) is 0 Å². The van der Waals surface area contributed by atoms with E-state index in [0.29, 0.717) is 0 Å². The smallest absolute Gasteiger partial charge is 0.191 e. The van der Waals surface area contributed by atoms with Gasteiger partial charge in [-0.1, -0.05) is 30.0 Å². The molecule has 1 atom stereocenters. The van der Waals surface area contributed by atoms with Gasteiger partial charge in [0.25, 0.3) is 0 Å². The SMILES string of the molecule is CSc1nc(N2CCN(c3ccccc3)CC2)c2ncn(C3CCCO3)c2n1. The summed E-state index contributed by atoms with van der Waals surface area (Å²) in [6.45, 7) is 4.58. The number of hydrogen-bond donors (Lipinski definition) is 0. The highest BCUT2D eigenvalue weighted by Crippen LogP contribution is 2.31. The van der Waals surface area contributed by atoms with Gasteiger partial charge in [0, 0.05) is 38.5 Å². The van der Waals surface area contributed by atoms with Crippen molar-refractivity contribution in [3.8, 4) is 0 Å². The molecule has 1 unspecified atom stereocenters. The molecule has 3 aromatic rings. The molecular weight excluding hydrogens is 372 g/mol. The highest BCUT2D eigenvalue weighted by atomic mass is 32.2. The summed E-state index contributed by atoms with van der Waals surface area (Å²) in [6.07, 6.45) is 6.01. The van der Waals surface area contributed by atoms with Crippen LogP contribution in [-0.4, -0.2) is 58.6 Å². The molecule has 2 fully saturated rings. The minimum atomic E-state index is 0.0392. The Hall–Kier alpha value is -2.32. The van der Waals surface area contributed by atoms with Crippen LogP contribution in [0.15, 0.2) is 41.8 Å². The molecule has 5 rings (SSSR count). The van der Waals surface area contributed by atoms with Crippen LogP contribution in [0.1, 0.15) is 19.1 Å². The van der Waals surface area contributed by atoms with E-state index >= 15 is 0 Å². The molecule has 4 heterocycles. The van der Waals surface area contributed by atoms with Crippen molar-refractivity contribution in [2.75, 3.05) is 48.8 Å². The molecule has 8 heteroatoms. The van der Waals surface area contributed by atoms with Crippen molar-refractivity contribution < 1.29 is 4.74 Å². The number of nitrogens with zero attached hydrogens (tertiary/aromatic N) is 6. The van der Waals surface area contributed by atoms with Crippen molar-refractivity contribution in [2.24, 2.45) is 0 Å². The zero-order chi connectivity index (χ0) is 18.9. The lowest BCUT2D eigenvalue weighted by Gasteiger charge is -2.36. The first-order chi connectivity index (χ1) is 13.8. The summed E-state index contributed by atoms with van der Waals surface area (Å²) in [4.78, 5) is 19.0. The Morgan fingerprint density at radius 3 is 2.54 bits per heavy atom. The summed E-state index contributed by atoms with van der Waals surface area (Å²) in [6, 6.07) is 10.6. The van der Waals surface area contributed by atoms with Gasteiger partial charge in [0.2, 0.25) is 0 Å². The number of benzene rings is 1. The molecule has 7 nitrogen and oxygen atoms in total. The lowest BCUT2D eigenvalue weighted by Crippen LogP contribution is -2.47. The number of hydrogen-bond acceptors (Lipinski definition) is 7. The minimum Gasteiger partial charge on any atom is -0.368 e. The Labute approximate surface area is 168 Å². The third-order valence-electron chi connectivity index (χ3n) is 5.48. The number of fused-ring (bicyclic) bond motifs is 1. The Morgan fingerprint density at radius 2 is 1.82 bits per heavy atom. The van der Waals surface area contributed by atoms with Gasteiger partial charge < -0.3 is 14.5 Å². The summed E-state index contributed by atoms with van der Waals surface area (Å²) in [7, 11) is 0. The maximum absolute atomic E-state index is 5.86. The molecule has 0 saturated carbocycles. The maximum atomic E-state index is 5.86. The summed E-state index contributed by atoms with van der Waals surface area (Å²) >= 11 is 1.57. The van der Waals surface area contributed by atoms with Gasteiger partial charge in [-0.25, -0.2) is 15.0 Å². The molecule has 2 saturated heterocycles. The summed E-state index contributed by atoms with van der Waals surface area (Å²) in [5.41, 5.74) is 3.04. The van der Waals surface area contributed by atoms with E-state index in [2.05, 4.69) is 49.7 Å². The van der Waals surface area contributed by atoms with Crippen molar-refractivity contribution in [2.45, 2.75) is 24.2 Å². The number of imidazole rings is 1. The Balaban J connectivity index is 1.44. The molecular formula is C20H24N6OS. The predicted octanol–water partition coefficient (Wildman–Crippen LogP) is 3.18. The van der Waals surface area contributed by atoms with Gasteiger partial charge in [0.05, 0.1) is 6.33 Å². The second-order valence-corrected chi connectivity index (χ2v) is 7.91. The lowest BCUT2D eigenvalue weighted by atomic mass is 10.2. The van der Waals surface area contributed by atoms with E-state index < -0.39 is 0 Å². The van der Waals surface area contributed by atoms with Gasteiger partial charge in [-0.05, 0) is 31.2 Å².